The van der Waals surface area contributed by atoms with Gasteiger partial charge in [0.2, 0.25) is 5.91 Å². The van der Waals surface area contributed by atoms with Crippen molar-refractivity contribution in [2.45, 2.75) is 43.8 Å². The molecule has 1 atom stereocenters. The SMILES string of the molecule is C[C@H](NC(=O)CSc1nncn1C)c1ccc2c(c1)CCCC2. The van der Waals surface area contributed by atoms with E-state index in [1.807, 2.05) is 18.5 Å². The summed E-state index contributed by atoms with van der Waals surface area (Å²) in [5.74, 6) is 0.366. The molecule has 1 aromatic heterocycles. The molecular formula is C17H22N4OS. The Balaban J connectivity index is 1.57. The minimum absolute atomic E-state index is 0.0169. The molecule has 1 N–H and O–H groups in total. The maximum Gasteiger partial charge on any atom is 0.230 e. The van der Waals surface area contributed by atoms with Crippen molar-refractivity contribution in [3.8, 4) is 0 Å². The first-order chi connectivity index (χ1) is 11.1. The third kappa shape index (κ3) is 3.93. The van der Waals surface area contributed by atoms with E-state index in [9.17, 15) is 4.79 Å². The van der Waals surface area contributed by atoms with Crippen molar-refractivity contribution in [2.75, 3.05) is 5.75 Å². The molecule has 1 amide bonds. The van der Waals surface area contributed by atoms with Crippen molar-refractivity contribution in [1.29, 1.82) is 0 Å². The van der Waals surface area contributed by atoms with E-state index in [4.69, 9.17) is 0 Å². The van der Waals surface area contributed by atoms with Gasteiger partial charge in [-0.25, -0.2) is 0 Å². The normalized spacial score (nSPS) is 15.0. The summed E-state index contributed by atoms with van der Waals surface area (Å²) < 4.78 is 1.81. The number of rotatable bonds is 5. The van der Waals surface area contributed by atoms with Crippen LogP contribution in [-0.4, -0.2) is 26.4 Å². The van der Waals surface area contributed by atoms with Crippen LogP contribution in [-0.2, 0) is 24.7 Å². The zero-order chi connectivity index (χ0) is 16.2. The van der Waals surface area contributed by atoms with E-state index < -0.39 is 0 Å². The average Bonchev–Trinajstić information content (AvgIpc) is 2.97. The largest absolute Gasteiger partial charge is 0.349 e. The molecule has 0 saturated carbocycles. The molecule has 3 rings (SSSR count). The number of aryl methyl sites for hydroxylation is 3. The monoisotopic (exact) mass is 330 g/mol. The predicted octanol–water partition coefficient (Wildman–Crippen LogP) is 2.66. The van der Waals surface area contributed by atoms with Crippen LogP contribution in [0.5, 0.6) is 0 Å². The van der Waals surface area contributed by atoms with E-state index in [1.54, 1.807) is 6.33 Å². The lowest BCUT2D eigenvalue weighted by Gasteiger charge is -2.20. The van der Waals surface area contributed by atoms with Crippen LogP contribution in [0.4, 0.5) is 0 Å². The van der Waals surface area contributed by atoms with E-state index in [2.05, 4.69) is 33.7 Å². The van der Waals surface area contributed by atoms with Crippen LogP contribution in [0.25, 0.3) is 0 Å². The summed E-state index contributed by atoms with van der Waals surface area (Å²) >= 11 is 1.40. The number of nitrogens with one attached hydrogen (secondary N) is 1. The van der Waals surface area contributed by atoms with E-state index in [0.29, 0.717) is 5.75 Å². The molecule has 0 saturated heterocycles. The van der Waals surface area contributed by atoms with Crippen LogP contribution in [0.15, 0.2) is 29.7 Å². The molecule has 1 heterocycles. The van der Waals surface area contributed by atoms with Crippen molar-refractivity contribution in [2.24, 2.45) is 7.05 Å². The summed E-state index contributed by atoms with van der Waals surface area (Å²) in [6.45, 7) is 2.04. The summed E-state index contributed by atoms with van der Waals surface area (Å²) in [5, 5.41) is 11.6. The molecular weight excluding hydrogens is 308 g/mol. The molecule has 122 valence electrons. The number of aromatic nitrogens is 3. The van der Waals surface area contributed by atoms with Crippen LogP contribution < -0.4 is 5.32 Å². The van der Waals surface area contributed by atoms with Crippen molar-refractivity contribution in [3.63, 3.8) is 0 Å². The summed E-state index contributed by atoms with van der Waals surface area (Å²) in [7, 11) is 1.87. The topological polar surface area (TPSA) is 59.8 Å². The number of hydrogen-bond donors (Lipinski definition) is 1. The number of nitrogens with zero attached hydrogens (tertiary/aromatic N) is 3. The van der Waals surface area contributed by atoms with Crippen LogP contribution in [0.1, 0.15) is 42.5 Å². The molecule has 0 spiro atoms. The van der Waals surface area contributed by atoms with Gasteiger partial charge in [-0.1, -0.05) is 30.0 Å². The van der Waals surface area contributed by atoms with Crippen molar-refractivity contribution >= 4 is 17.7 Å². The lowest BCUT2D eigenvalue weighted by Crippen LogP contribution is -2.28. The molecule has 0 fully saturated rings. The molecule has 0 aliphatic heterocycles. The highest BCUT2D eigenvalue weighted by Crippen LogP contribution is 2.25. The fraction of sp³-hybridized carbons (Fsp3) is 0.471. The number of hydrogen-bond acceptors (Lipinski definition) is 4. The second-order valence-corrected chi connectivity index (χ2v) is 6.98. The lowest BCUT2D eigenvalue weighted by molar-refractivity contribution is -0.119. The maximum absolute atomic E-state index is 12.1. The molecule has 0 radical (unpaired) electrons. The van der Waals surface area contributed by atoms with E-state index in [1.165, 1.54) is 47.7 Å². The van der Waals surface area contributed by atoms with Crippen LogP contribution in [0.2, 0.25) is 0 Å². The number of amides is 1. The maximum atomic E-state index is 12.1. The second kappa shape index (κ2) is 7.17. The van der Waals surface area contributed by atoms with Crippen molar-refractivity contribution in [1.82, 2.24) is 20.1 Å². The molecule has 2 aromatic rings. The van der Waals surface area contributed by atoms with Gasteiger partial charge in [0.05, 0.1) is 11.8 Å². The average molecular weight is 330 g/mol. The van der Waals surface area contributed by atoms with Crippen LogP contribution in [0, 0.1) is 0 Å². The predicted molar refractivity (Wildman–Crippen MR) is 91.4 cm³/mol. The quantitative estimate of drug-likeness (QED) is 0.856. The standard InChI is InChI=1S/C17H22N4OS/c1-12(14-8-7-13-5-3-4-6-15(13)9-14)19-16(22)10-23-17-20-18-11-21(17)2/h7-9,11-12H,3-6,10H2,1-2H3,(H,19,22)/t12-/m0/s1. The minimum atomic E-state index is 0.0169. The van der Waals surface area contributed by atoms with Crippen molar-refractivity contribution in [3.05, 3.63) is 41.2 Å². The number of thioether (sulfide) groups is 1. The third-order valence-electron chi connectivity index (χ3n) is 4.25. The zero-order valence-electron chi connectivity index (χ0n) is 13.6. The lowest BCUT2D eigenvalue weighted by atomic mass is 9.89. The Bertz CT molecular complexity index is 698. The number of benzene rings is 1. The van der Waals surface area contributed by atoms with Gasteiger partial charge >= 0.3 is 0 Å². The van der Waals surface area contributed by atoms with Gasteiger partial charge in [-0.05, 0) is 49.3 Å². The summed E-state index contributed by atoms with van der Waals surface area (Å²) in [6, 6.07) is 6.65. The highest BCUT2D eigenvalue weighted by molar-refractivity contribution is 7.99. The van der Waals surface area contributed by atoms with E-state index >= 15 is 0 Å². The van der Waals surface area contributed by atoms with Gasteiger partial charge in [0, 0.05) is 7.05 Å². The highest BCUT2D eigenvalue weighted by atomic mass is 32.2. The molecule has 0 bridgehead atoms. The van der Waals surface area contributed by atoms with Gasteiger partial charge in [0.1, 0.15) is 6.33 Å². The molecule has 23 heavy (non-hydrogen) atoms. The fourth-order valence-corrected chi connectivity index (χ4v) is 3.62. The van der Waals surface area contributed by atoms with Gasteiger partial charge in [-0.2, -0.15) is 0 Å². The molecule has 1 aromatic carbocycles. The van der Waals surface area contributed by atoms with Gasteiger partial charge in [-0.3, -0.25) is 4.79 Å². The van der Waals surface area contributed by atoms with Gasteiger partial charge < -0.3 is 9.88 Å². The van der Waals surface area contributed by atoms with E-state index in [0.717, 1.165) is 11.6 Å². The molecule has 1 aliphatic carbocycles. The second-order valence-electron chi connectivity index (χ2n) is 6.04. The van der Waals surface area contributed by atoms with Crippen molar-refractivity contribution < 1.29 is 4.79 Å². The molecule has 6 heteroatoms. The van der Waals surface area contributed by atoms with Gasteiger partial charge in [0.25, 0.3) is 0 Å². The first-order valence-electron chi connectivity index (χ1n) is 8.01. The first kappa shape index (κ1) is 16.1. The Morgan fingerprint density at radius 1 is 1.35 bits per heavy atom. The van der Waals surface area contributed by atoms with Crippen LogP contribution >= 0.6 is 11.8 Å². The Morgan fingerprint density at radius 2 is 2.13 bits per heavy atom. The smallest absolute Gasteiger partial charge is 0.230 e. The first-order valence-corrected chi connectivity index (χ1v) is 9.00. The number of carbonyl (C=O) groups excluding carboxylic acids is 1. The number of carbonyl (C=O) groups is 1. The Morgan fingerprint density at radius 3 is 2.87 bits per heavy atom. The molecule has 0 unspecified atom stereocenters. The van der Waals surface area contributed by atoms with E-state index in [-0.39, 0.29) is 11.9 Å². The Kier molecular flexibility index (Phi) is 5.00. The minimum Gasteiger partial charge on any atom is -0.349 e. The third-order valence-corrected chi connectivity index (χ3v) is 5.29. The summed E-state index contributed by atoms with van der Waals surface area (Å²) in [6.07, 6.45) is 6.54. The van der Waals surface area contributed by atoms with Gasteiger partial charge in [0.15, 0.2) is 5.16 Å². The van der Waals surface area contributed by atoms with Crippen LogP contribution in [0.3, 0.4) is 0 Å². The fourth-order valence-electron chi connectivity index (χ4n) is 2.92. The molecule has 1 aliphatic rings. The number of fused-ring (bicyclic) bond motifs is 1. The summed E-state index contributed by atoms with van der Waals surface area (Å²) in [5.41, 5.74) is 4.10. The van der Waals surface area contributed by atoms with Gasteiger partial charge in [-0.15, -0.1) is 10.2 Å². The zero-order valence-corrected chi connectivity index (χ0v) is 14.4. The highest BCUT2D eigenvalue weighted by Gasteiger charge is 2.14. The molecule has 5 nitrogen and oxygen atoms in total. The summed E-state index contributed by atoms with van der Waals surface area (Å²) in [4.78, 5) is 12.1. The Hall–Kier alpha value is -1.82. The Labute approximate surface area is 140 Å².